The van der Waals surface area contributed by atoms with E-state index in [9.17, 15) is 4.79 Å². The van der Waals surface area contributed by atoms with Crippen molar-refractivity contribution in [1.82, 2.24) is 20.3 Å². The van der Waals surface area contributed by atoms with Gasteiger partial charge in [0.05, 0.1) is 18.2 Å². The Kier molecular flexibility index (Phi) is 2.68. The predicted octanol–water partition coefficient (Wildman–Crippen LogP) is -0.169. The lowest BCUT2D eigenvalue weighted by Gasteiger charge is -2.36. The largest absolute Gasteiger partial charge is 0.481 e. The van der Waals surface area contributed by atoms with Gasteiger partial charge in [0.15, 0.2) is 0 Å². The van der Waals surface area contributed by atoms with Crippen molar-refractivity contribution in [3.8, 4) is 0 Å². The van der Waals surface area contributed by atoms with E-state index >= 15 is 0 Å². The minimum Gasteiger partial charge on any atom is -0.481 e. The van der Waals surface area contributed by atoms with Crippen LogP contribution in [-0.2, 0) is 10.3 Å². The molecule has 6 heteroatoms. The van der Waals surface area contributed by atoms with Crippen LogP contribution in [0.2, 0.25) is 0 Å². The lowest BCUT2D eigenvalue weighted by atomic mass is 9.85. The highest BCUT2D eigenvalue weighted by atomic mass is 16.4. The van der Waals surface area contributed by atoms with Crippen molar-refractivity contribution in [2.75, 3.05) is 13.1 Å². The third-order valence-corrected chi connectivity index (χ3v) is 2.92. The summed E-state index contributed by atoms with van der Waals surface area (Å²) >= 11 is 0. The predicted molar refractivity (Wildman–Crippen MR) is 52.4 cm³/mol. The van der Waals surface area contributed by atoms with Crippen LogP contribution in [0.15, 0.2) is 12.4 Å². The molecule has 0 radical (unpaired) electrons. The zero-order valence-electron chi connectivity index (χ0n) is 8.39. The van der Waals surface area contributed by atoms with Gasteiger partial charge in [-0.15, -0.1) is 5.10 Å². The number of nitrogens with one attached hydrogen (secondary N) is 1. The van der Waals surface area contributed by atoms with Gasteiger partial charge in [0, 0.05) is 6.20 Å². The van der Waals surface area contributed by atoms with E-state index in [4.69, 9.17) is 5.11 Å². The Morgan fingerprint density at radius 2 is 2.27 bits per heavy atom. The SMILES string of the molecule is O=C(O)CC1(n2ccnn2)CCNCC1. The first-order valence-electron chi connectivity index (χ1n) is 5.02. The maximum absolute atomic E-state index is 10.9. The Morgan fingerprint density at radius 3 is 2.80 bits per heavy atom. The van der Waals surface area contributed by atoms with Crippen molar-refractivity contribution in [3.05, 3.63) is 12.4 Å². The van der Waals surface area contributed by atoms with Gasteiger partial charge in [-0.2, -0.15) is 0 Å². The number of aliphatic carboxylic acids is 1. The van der Waals surface area contributed by atoms with Crippen LogP contribution >= 0.6 is 0 Å². The lowest BCUT2D eigenvalue weighted by Crippen LogP contribution is -2.45. The minimum atomic E-state index is -0.785. The Hall–Kier alpha value is -1.43. The van der Waals surface area contributed by atoms with E-state index in [0.717, 1.165) is 25.9 Å². The molecule has 1 aromatic heterocycles. The molecular formula is C9H14N4O2. The van der Waals surface area contributed by atoms with Crippen LogP contribution in [-0.4, -0.2) is 39.2 Å². The van der Waals surface area contributed by atoms with Crippen molar-refractivity contribution in [2.24, 2.45) is 0 Å². The van der Waals surface area contributed by atoms with Gasteiger partial charge in [0.25, 0.3) is 0 Å². The van der Waals surface area contributed by atoms with E-state index in [1.165, 1.54) is 0 Å². The maximum Gasteiger partial charge on any atom is 0.305 e. The van der Waals surface area contributed by atoms with Crippen molar-refractivity contribution in [3.63, 3.8) is 0 Å². The summed E-state index contributed by atoms with van der Waals surface area (Å²) in [7, 11) is 0. The summed E-state index contributed by atoms with van der Waals surface area (Å²) in [5.41, 5.74) is -0.395. The van der Waals surface area contributed by atoms with Crippen LogP contribution in [0.1, 0.15) is 19.3 Å². The molecule has 1 aromatic rings. The van der Waals surface area contributed by atoms with Crippen LogP contribution in [0.3, 0.4) is 0 Å². The third-order valence-electron chi connectivity index (χ3n) is 2.92. The molecule has 0 saturated carbocycles. The van der Waals surface area contributed by atoms with Crippen molar-refractivity contribution in [2.45, 2.75) is 24.8 Å². The molecule has 1 saturated heterocycles. The molecule has 0 spiro atoms. The first kappa shape index (κ1) is 10.1. The zero-order chi connectivity index (χ0) is 10.7. The number of aromatic nitrogens is 3. The quantitative estimate of drug-likeness (QED) is 0.724. The van der Waals surface area contributed by atoms with Gasteiger partial charge in [-0.05, 0) is 25.9 Å². The zero-order valence-corrected chi connectivity index (χ0v) is 8.39. The van der Waals surface area contributed by atoms with Crippen molar-refractivity contribution < 1.29 is 9.90 Å². The Bertz CT molecular complexity index is 330. The summed E-state index contributed by atoms with van der Waals surface area (Å²) in [5.74, 6) is -0.785. The molecule has 0 aliphatic carbocycles. The highest BCUT2D eigenvalue weighted by molar-refractivity contribution is 5.68. The van der Waals surface area contributed by atoms with Gasteiger partial charge in [-0.3, -0.25) is 4.79 Å². The monoisotopic (exact) mass is 210 g/mol. The van der Waals surface area contributed by atoms with Gasteiger partial charge in [0.2, 0.25) is 0 Å². The molecule has 6 nitrogen and oxygen atoms in total. The molecule has 0 atom stereocenters. The van der Waals surface area contributed by atoms with Crippen LogP contribution < -0.4 is 5.32 Å². The standard InChI is InChI=1S/C9H14N4O2/c14-8(15)7-9(1-3-10-4-2-9)13-6-5-11-12-13/h5-6,10H,1-4,7H2,(H,14,15). The Balaban J connectivity index is 2.25. The average molecular weight is 210 g/mol. The summed E-state index contributed by atoms with van der Waals surface area (Å²) in [6.07, 6.45) is 5.00. The summed E-state index contributed by atoms with van der Waals surface area (Å²) in [4.78, 5) is 10.9. The summed E-state index contributed by atoms with van der Waals surface area (Å²) < 4.78 is 1.70. The third kappa shape index (κ3) is 1.99. The van der Waals surface area contributed by atoms with Crippen LogP contribution in [0.25, 0.3) is 0 Å². The molecular weight excluding hydrogens is 196 g/mol. The second kappa shape index (κ2) is 3.98. The maximum atomic E-state index is 10.9. The van der Waals surface area contributed by atoms with E-state index in [1.54, 1.807) is 17.1 Å². The normalized spacial score (nSPS) is 20.0. The Morgan fingerprint density at radius 1 is 1.53 bits per heavy atom. The molecule has 0 unspecified atom stereocenters. The molecule has 1 aliphatic heterocycles. The number of rotatable bonds is 3. The van der Waals surface area contributed by atoms with Crippen LogP contribution in [0.4, 0.5) is 0 Å². The van der Waals surface area contributed by atoms with E-state index in [1.807, 2.05) is 0 Å². The molecule has 0 amide bonds. The fourth-order valence-corrected chi connectivity index (χ4v) is 2.12. The van der Waals surface area contributed by atoms with E-state index < -0.39 is 11.5 Å². The first-order chi connectivity index (χ1) is 7.23. The Labute approximate surface area is 87.3 Å². The summed E-state index contributed by atoms with van der Waals surface area (Å²) in [6, 6.07) is 0. The van der Waals surface area contributed by atoms with Crippen LogP contribution in [0, 0.1) is 0 Å². The topological polar surface area (TPSA) is 80.0 Å². The highest BCUT2D eigenvalue weighted by Gasteiger charge is 2.36. The van der Waals surface area contributed by atoms with Gasteiger partial charge < -0.3 is 10.4 Å². The molecule has 2 N–H and O–H groups in total. The van der Waals surface area contributed by atoms with Crippen molar-refractivity contribution in [1.29, 1.82) is 0 Å². The van der Waals surface area contributed by atoms with Crippen molar-refractivity contribution >= 4 is 5.97 Å². The second-order valence-electron chi connectivity index (χ2n) is 3.89. The highest BCUT2D eigenvalue weighted by Crippen LogP contribution is 2.30. The number of carboxylic acids is 1. The van der Waals surface area contributed by atoms with E-state index in [0.29, 0.717) is 0 Å². The fraction of sp³-hybridized carbons (Fsp3) is 0.667. The smallest absolute Gasteiger partial charge is 0.305 e. The number of nitrogens with zero attached hydrogens (tertiary/aromatic N) is 3. The van der Waals surface area contributed by atoms with E-state index in [-0.39, 0.29) is 6.42 Å². The molecule has 2 rings (SSSR count). The minimum absolute atomic E-state index is 0.109. The van der Waals surface area contributed by atoms with Gasteiger partial charge >= 0.3 is 5.97 Å². The fourth-order valence-electron chi connectivity index (χ4n) is 2.12. The summed E-state index contributed by atoms with van der Waals surface area (Å²) in [6.45, 7) is 1.65. The van der Waals surface area contributed by atoms with Gasteiger partial charge in [-0.1, -0.05) is 5.21 Å². The van der Waals surface area contributed by atoms with Gasteiger partial charge in [0.1, 0.15) is 0 Å². The number of hydrogen-bond acceptors (Lipinski definition) is 4. The lowest BCUT2D eigenvalue weighted by molar-refractivity contribution is -0.140. The summed E-state index contributed by atoms with van der Waals surface area (Å²) in [5, 5.41) is 19.9. The molecule has 15 heavy (non-hydrogen) atoms. The molecule has 0 bridgehead atoms. The van der Waals surface area contributed by atoms with Crippen LogP contribution in [0.5, 0.6) is 0 Å². The number of hydrogen-bond donors (Lipinski definition) is 2. The number of carboxylic acid groups (broad SMARTS) is 1. The number of piperidine rings is 1. The molecule has 1 fully saturated rings. The van der Waals surface area contributed by atoms with Gasteiger partial charge in [-0.25, -0.2) is 4.68 Å². The van der Waals surface area contributed by atoms with E-state index in [2.05, 4.69) is 15.6 Å². The molecule has 1 aliphatic rings. The second-order valence-corrected chi connectivity index (χ2v) is 3.89. The molecule has 0 aromatic carbocycles. The molecule has 82 valence electrons. The molecule has 2 heterocycles. The average Bonchev–Trinajstić information content (AvgIpc) is 2.71. The number of carbonyl (C=O) groups is 1. The first-order valence-corrected chi connectivity index (χ1v) is 5.02.